The molecule has 2 fully saturated rings. The predicted molar refractivity (Wildman–Crippen MR) is 269 cm³/mol. The van der Waals surface area contributed by atoms with Crippen LogP contribution in [-0.4, -0.2) is 6.88 Å². The minimum atomic E-state index is -3.99. The summed E-state index contributed by atoms with van der Waals surface area (Å²) in [6, 6.07) is 33.6. The van der Waals surface area contributed by atoms with Crippen LogP contribution in [0.2, 0.25) is 9.26 Å². The van der Waals surface area contributed by atoms with Crippen LogP contribution in [0.25, 0.3) is 34.4 Å². The van der Waals surface area contributed by atoms with E-state index in [0.29, 0.717) is 18.1 Å². The van der Waals surface area contributed by atoms with Crippen LogP contribution in [0.5, 0.6) is 0 Å². The van der Waals surface area contributed by atoms with Gasteiger partial charge in [-0.25, -0.2) is 0 Å². The molecule has 0 radical (unpaired) electrons. The maximum Gasteiger partial charge on any atom is -0.147 e. The van der Waals surface area contributed by atoms with E-state index < -0.39 is 17.4 Å². The van der Waals surface area contributed by atoms with E-state index in [-0.39, 0.29) is 35.6 Å². The largest absolute Gasteiger partial charge is 0.147 e. The van der Waals surface area contributed by atoms with Gasteiger partial charge in [0, 0.05) is 0 Å². The standard InChI is InChI=1S/2C27H33.2CH3.2ClH.H2Si.Zr/c2*1-5-27(15-8-9-16-27)19-20-17-21-11-10-13-22(24(21)18-20)23-12-6-7-14-25(23)26(2,3)4;;;;;;/h2*6-7,10-14,17-18H,5,8-9,15-16,19H2,1-4H3;2*1H3;2*1H;1H2;. The molecule has 0 aliphatic heterocycles. The fraction of sp³-hybridized carbons (Fsp3) is 0.500. The van der Waals surface area contributed by atoms with Crippen LogP contribution in [0.3, 0.4) is 0 Å². The van der Waals surface area contributed by atoms with Crippen LogP contribution >= 0.6 is 24.8 Å². The number of fused-ring (bicyclic) bond motifs is 2. The average Bonchev–Trinajstić information content (AvgIpc) is 3.99. The van der Waals surface area contributed by atoms with E-state index >= 15 is 0 Å². The molecule has 0 heterocycles. The van der Waals surface area contributed by atoms with Crippen molar-refractivity contribution in [1.82, 2.24) is 0 Å². The molecule has 4 heteroatoms. The number of halogens is 2. The molecule has 0 saturated heterocycles. The number of hydrogen-bond donors (Lipinski definition) is 0. The Morgan fingerprint density at radius 1 is 0.517 bits per heavy atom. The van der Waals surface area contributed by atoms with E-state index in [9.17, 15) is 0 Å². The fourth-order valence-corrected chi connectivity index (χ4v) is 33.0. The van der Waals surface area contributed by atoms with Gasteiger partial charge in [-0.2, -0.15) is 0 Å². The topological polar surface area (TPSA) is 0 Å². The summed E-state index contributed by atoms with van der Waals surface area (Å²) in [7, 11) is 0. The Morgan fingerprint density at radius 3 is 1.18 bits per heavy atom. The van der Waals surface area contributed by atoms with Gasteiger partial charge in [0.15, 0.2) is 0 Å². The summed E-state index contributed by atoms with van der Waals surface area (Å²) in [4.78, 5) is 0. The maximum absolute atomic E-state index is 3.99. The van der Waals surface area contributed by atoms with E-state index in [1.807, 2.05) is 0 Å². The molecule has 8 rings (SSSR count). The molecule has 4 aliphatic rings. The fourth-order valence-electron chi connectivity index (χ4n) is 13.3. The van der Waals surface area contributed by atoms with E-state index in [4.69, 9.17) is 0 Å². The molecule has 2 saturated carbocycles. The van der Waals surface area contributed by atoms with Crippen LogP contribution in [0.15, 0.2) is 96.1 Å². The van der Waals surface area contributed by atoms with Crippen molar-refractivity contribution in [2.45, 2.75) is 160 Å². The Morgan fingerprint density at radius 2 is 0.850 bits per heavy atom. The molecule has 0 N–H and O–H groups in total. The van der Waals surface area contributed by atoms with Gasteiger partial charge in [0.2, 0.25) is 0 Å². The molecule has 322 valence electrons. The van der Waals surface area contributed by atoms with Gasteiger partial charge in [-0.3, -0.25) is 0 Å². The van der Waals surface area contributed by atoms with Crippen molar-refractivity contribution >= 4 is 43.8 Å². The van der Waals surface area contributed by atoms with Gasteiger partial charge in [-0.1, -0.05) is 0 Å². The molecule has 0 nitrogen and oxygen atoms in total. The predicted octanol–water partition coefficient (Wildman–Crippen LogP) is 17.1. The SMILES string of the molecule is CCC1(CC2=Cc3c(-c4ccccc4C(C)(C)C)cccc3[CH]2[Zr]([CH3])([CH3])(=[SiH2])[CH]2C(CC3(CC)CCCC3)=Cc3c(-c4ccccc4C(C)(C)C)cccc32)CCCC1.Cl.Cl. The Hall–Kier alpha value is -1.96. The molecule has 4 aliphatic carbocycles. The second-order valence-corrected chi connectivity index (χ2v) is 53.4. The molecule has 2 unspecified atom stereocenters. The summed E-state index contributed by atoms with van der Waals surface area (Å²) in [6.07, 6.45) is 21.8. The van der Waals surface area contributed by atoms with Gasteiger partial charge < -0.3 is 0 Å². The molecule has 2 atom stereocenters. The Balaban J connectivity index is 0.00000302. The average molecular weight is 939 g/mol. The van der Waals surface area contributed by atoms with E-state index in [0.717, 1.165) is 0 Å². The van der Waals surface area contributed by atoms with Crippen molar-refractivity contribution in [3.63, 3.8) is 0 Å². The van der Waals surface area contributed by atoms with Crippen LogP contribution in [0.1, 0.15) is 173 Å². The zero-order valence-corrected chi connectivity index (χ0v) is 44.4. The third-order valence-corrected chi connectivity index (χ3v) is 33.7. The Labute approximate surface area is 380 Å². The summed E-state index contributed by atoms with van der Waals surface area (Å²) in [5.74, 6) is 0. The van der Waals surface area contributed by atoms with Crippen molar-refractivity contribution in [3.8, 4) is 22.3 Å². The monoisotopic (exact) mass is 936 g/mol. The van der Waals surface area contributed by atoms with Crippen LogP contribution in [-0.2, 0) is 28.2 Å². The number of allylic oxidation sites excluding steroid dienone is 2. The van der Waals surface area contributed by atoms with Crippen molar-refractivity contribution in [2.24, 2.45) is 10.8 Å². The zero-order valence-electron chi connectivity index (χ0n) is 38.9. The number of rotatable bonds is 10. The molecule has 0 spiro atoms. The van der Waals surface area contributed by atoms with Crippen molar-refractivity contribution in [2.75, 3.05) is 0 Å². The van der Waals surface area contributed by atoms with Gasteiger partial charge >= 0.3 is 359 Å². The first-order chi connectivity index (χ1) is 27.4. The van der Waals surface area contributed by atoms with E-state index in [2.05, 4.69) is 169 Å². The molecule has 0 aromatic heterocycles. The van der Waals surface area contributed by atoms with Gasteiger partial charge in [-0.05, 0) is 0 Å². The first-order valence-corrected chi connectivity index (χ1v) is 37.0. The normalized spacial score (nSPS) is 20.8. The minimum Gasteiger partial charge on any atom is -0.147 e. The van der Waals surface area contributed by atoms with Crippen molar-refractivity contribution in [1.29, 1.82) is 0 Å². The van der Waals surface area contributed by atoms with Gasteiger partial charge in [0.25, 0.3) is 0 Å². The maximum atomic E-state index is 2.92. The first kappa shape index (κ1) is 47.5. The van der Waals surface area contributed by atoms with Gasteiger partial charge in [-0.15, -0.1) is 24.8 Å². The minimum absolute atomic E-state index is 0. The third-order valence-electron chi connectivity index (χ3n) is 16.2. The van der Waals surface area contributed by atoms with Crippen molar-refractivity contribution in [3.05, 3.63) is 129 Å². The summed E-state index contributed by atoms with van der Waals surface area (Å²) < 4.78 is 6.89. The molecule has 0 bridgehead atoms. The molecule has 4 aromatic carbocycles. The number of hydrogen-bond acceptors (Lipinski definition) is 0. The zero-order chi connectivity index (χ0) is 41.3. The first-order valence-electron chi connectivity index (χ1n) is 23.3. The smallest absolute Gasteiger partial charge is 0.147 e. The Kier molecular flexibility index (Phi) is 13.6. The van der Waals surface area contributed by atoms with Crippen LogP contribution in [0.4, 0.5) is 0 Å². The second kappa shape index (κ2) is 17.2. The van der Waals surface area contributed by atoms with Crippen LogP contribution < -0.4 is 0 Å². The van der Waals surface area contributed by atoms with E-state index in [1.165, 1.54) is 122 Å². The summed E-state index contributed by atoms with van der Waals surface area (Å²) >= 11 is -3.99. The molecular weight excluding hydrogens is 863 g/mol. The number of benzene rings is 4. The third kappa shape index (κ3) is 8.41. The summed E-state index contributed by atoms with van der Waals surface area (Å²) in [5.41, 5.74) is 19.6. The molecule has 4 aromatic rings. The Bertz CT molecular complexity index is 2190. The van der Waals surface area contributed by atoms with Gasteiger partial charge in [0.1, 0.15) is 0 Å². The molecular formula is C56H76Cl2SiZr. The van der Waals surface area contributed by atoms with Crippen molar-refractivity contribution < 1.29 is 17.4 Å². The summed E-state index contributed by atoms with van der Waals surface area (Å²) in [5, 5.41) is 0. The molecule has 0 amide bonds. The molecule has 60 heavy (non-hydrogen) atoms. The summed E-state index contributed by atoms with van der Waals surface area (Å²) in [6.45, 7) is 21.9. The second-order valence-electron chi connectivity index (χ2n) is 22.9. The quantitative estimate of drug-likeness (QED) is 0.139. The van der Waals surface area contributed by atoms with E-state index in [1.54, 1.807) is 22.3 Å². The van der Waals surface area contributed by atoms with Gasteiger partial charge in [0.05, 0.1) is 0 Å². The van der Waals surface area contributed by atoms with Crippen LogP contribution in [0, 0.1) is 10.8 Å².